The van der Waals surface area contributed by atoms with Crippen molar-refractivity contribution >= 4 is 23.2 Å². The molecule has 0 saturated heterocycles. The van der Waals surface area contributed by atoms with Crippen LogP contribution in [0, 0.1) is 0 Å². The number of rotatable bonds is 2. The monoisotopic (exact) mass is 270 g/mol. The van der Waals surface area contributed by atoms with Crippen LogP contribution in [0.25, 0.3) is 0 Å². The van der Waals surface area contributed by atoms with E-state index in [1.165, 1.54) is 36.2 Å². The molecule has 5 nitrogen and oxygen atoms in total. The Hall–Kier alpha value is -2.82. The maximum absolute atomic E-state index is 12.0. The van der Waals surface area contributed by atoms with E-state index < -0.39 is 11.8 Å². The molecule has 20 heavy (non-hydrogen) atoms. The third-order valence-corrected chi connectivity index (χ3v) is 2.77. The van der Waals surface area contributed by atoms with Crippen molar-refractivity contribution in [1.29, 1.82) is 0 Å². The lowest BCUT2D eigenvalue weighted by Crippen LogP contribution is -2.37. The first-order valence-corrected chi connectivity index (χ1v) is 6.01. The van der Waals surface area contributed by atoms with Crippen LogP contribution in [0.5, 0.6) is 5.75 Å². The Morgan fingerprint density at radius 3 is 2.20 bits per heavy atom. The first kappa shape index (κ1) is 13.6. The van der Waals surface area contributed by atoms with Gasteiger partial charge in [0.25, 0.3) is 0 Å². The molecule has 2 aromatic carbocycles. The predicted molar refractivity (Wildman–Crippen MR) is 76.6 cm³/mol. The van der Waals surface area contributed by atoms with Crippen LogP contribution >= 0.6 is 0 Å². The van der Waals surface area contributed by atoms with Crippen LogP contribution in [-0.2, 0) is 9.59 Å². The first-order chi connectivity index (χ1) is 9.58. The van der Waals surface area contributed by atoms with Crippen molar-refractivity contribution in [2.24, 2.45) is 0 Å². The van der Waals surface area contributed by atoms with Gasteiger partial charge in [-0.3, -0.25) is 9.59 Å². The minimum Gasteiger partial charge on any atom is -0.508 e. The molecular weight excluding hydrogens is 256 g/mol. The minimum atomic E-state index is -0.734. The summed E-state index contributed by atoms with van der Waals surface area (Å²) in [4.78, 5) is 25.1. The number of nitrogens with zero attached hydrogens (tertiary/aromatic N) is 1. The molecule has 2 N–H and O–H groups in total. The number of amides is 2. The lowest BCUT2D eigenvalue weighted by atomic mass is 10.3. The normalized spacial score (nSPS) is 9.85. The van der Waals surface area contributed by atoms with Crippen LogP contribution in [0.2, 0.25) is 0 Å². The zero-order valence-corrected chi connectivity index (χ0v) is 10.9. The molecule has 0 unspecified atom stereocenters. The van der Waals surface area contributed by atoms with Gasteiger partial charge >= 0.3 is 11.8 Å². The number of carbonyl (C=O) groups is 2. The molecule has 0 saturated carbocycles. The molecule has 102 valence electrons. The number of aromatic hydroxyl groups is 1. The number of phenolic OH excluding ortho intramolecular Hbond substituents is 1. The van der Waals surface area contributed by atoms with E-state index >= 15 is 0 Å². The van der Waals surface area contributed by atoms with E-state index in [2.05, 4.69) is 5.32 Å². The Morgan fingerprint density at radius 1 is 1.00 bits per heavy atom. The summed E-state index contributed by atoms with van der Waals surface area (Å²) in [5.41, 5.74) is 1.08. The molecule has 0 fully saturated rings. The number of carbonyl (C=O) groups excluding carboxylic acids is 2. The molecular formula is C15H14N2O3. The lowest BCUT2D eigenvalue weighted by Gasteiger charge is -2.16. The predicted octanol–water partition coefficient (Wildman–Crippen LogP) is 1.99. The van der Waals surface area contributed by atoms with Gasteiger partial charge in [-0.25, -0.2) is 0 Å². The third-order valence-electron chi connectivity index (χ3n) is 2.77. The molecule has 0 radical (unpaired) electrons. The molecule has 0 aliphatic rings. The minimum absolute atomic E-state index is 0.0933. The van der Waals surface area contributed by atoms with Crippen molar-refractivity contribution in [2.45, 2.75) is 0 Å². The summed E-state index contributed by atoms with van der Waals surface area (Å²) in [6.07, 6.45) is 0. The average molecular weight is 270 g/mol. The Kier molecular flexibility index (Phi) is 4.00. The highest BCUT2D eigenvalue weighted by atomic mass is 16.3. The van der Waals surface area contributed by atoms with E-state index in [1.807, 2.05) is 6.07 Å². The molecule has 2 aromatic rings. The zero-order valence-electron chi connectivity index (χ0n) is 10.9. The summed E-state index contributed by atoms with van der Waals surface area (Å²) in [6, 6.07) is 14.8. The molecule has 0 aliphatic carbocycles. The van der Waals surface area contributed by atoms with Gasteiger partial charge in [-0.05, 0) is 36.4 Å². The van der Waals surface area contributed by atoms with Gasteiger partial charge in [-0.15, -0.1) is 0 Å². The van der Waals surface area contributed by atoms with Gasteiger partial charge in [-0.1, -0.05) is 18.2 Å². The van der Waals surface area contributed by atoms with Crippen LogP contribution in [-0.4, -0.2) is 24.0 Å². The fourth-order valence-electron chi connectivity index (χ4n) is 1.65. The molecule has 5 heteroatoms. The smallest absolute Gasteiger partial charge is 0.316 e. The second kappa shape index (κ2) is 5.88. The SMILES string of the molecule is CN(C(=O)C(=O)Nc1ccc(O)cc1)c1ccccc1. The second-order valence-electron chi connectivity index (χ2n) is 4.20. The zero-order chi connectivity index (χ0) is 14.5. The number of hydrogen-bond acceptors (Lipinski definition) is 3. The Labute approximate surface area is 116 Å². The fraction of sp³-hybridized carbons (Fsp3) is 0.0667. The number of hydrogen-bond donors (Lipinski definition) is 2. The molecule has 2 rings (SSSR count). The number of phenols is 1. The van der Waals surface area contributed by atoms with Gasteiger partial charge in [0.1, 0.15) is 5.75 Å². The van der Waals surface area contributed by atoms with Crippen LogP contribution in [0.1, 0.15) is 0 Å². The maximum Gasteiger partial charge on any atom is 0.316 e. The highest BCUT2D eigenvalue weighted by Gasteiger charge is 2.19. The summed E-state index contributed by atoms with van der Waals surface area (Å²) < 4.78 is 0. The highest BCUT2D eigenvalue weighted by molar-refractivity contribution is 6.44. The summed E-state index contributed by atoms with van der Waals surface area (Å²) in [7, 11) is 1.54. The standard InChI is InChI=1S/C15H14N2O3/c1-17(12-5-3-2-4-6-12)15(20)14(19)16-11-7-9-13(18)10-8-11/h2-10,18H,1H3,(H,16,19). The lowest BCUT2D eigenvalue weighted by molar-refractivity contribution is -0.134. The Balaban J connectivity index is 2.05. The molecule has 0 atom stereocenters. The quantitative estimate of drug-likeness (QED) is 0.647. The van der Waals surface area contributed by atoms with E-state index in [1.54, 1.807) is 24.3 Å². The van der Waals surface area contributed by atoms with Gasteiger partial charge in [-0.2, -0.15) is 0 Å². The van der Waals surface area contributed by atoms with Crippen LogP contribution in [0.15, 0.2) is 54.6 Å². The highest BCUT2D eigenvalue weighted by Crippen LogP contribution is 2.15. The van der Waals surface area contributed by atoms with E-state index in [-0.39, 0.29) is 5.75 Å². The van der Waals surface area contributed by atoms with Crippen molar-refractivity contribution in [1.82, 2.24) is 0 Å². The molecule has 0 spiro atoms. The van der Waals surface area contributed by atoms with E-state index in [4.69, 9.17) is 5.11 Å². The molecule has 2 amide bonds. The van der Waals surface area contributed by atoms with Gasteiger partial charge in [0, 0.05) is 18.4 Å². The molecule has 0 aromatic heterocycles. The molecule has 0 heterocycles. The topological polar surface area (TPSA) is 69.6 Å². The number of anilines is 2. The number of benzene rings is 2. The summed E-state index contributed by atoms with van der Waals surface area (Å²) in [5, 5.41) is 11.6. The maximum atomic E-state index is 12.0. The number of para-hydroxylation sites is 1. The van der Waals surface area contributed by atoms with Gasteiger partial charge in [0.15, 0.2) is 0 Å². The van der Waals surface area contributed by atoms with Gasteiger partial charge < -0.3 is 15.3 Å². The number of likely N-dealkylation sites (N-methyl/N-ethyl adjacent to an activating group) is 1. The summed E-state index contributed by atoms with van der Waals surface area (Å²) >= 11 is 0. The first-order valence-electron chi connectivity index (χ1n) is 6.01. The van der Waals surface area contributed by atoms with Crippen molar-refractivity contribution in [3.63, 3.8) is 0 Å². The Morgan fingerprint density at radius 2 is 1.60 bits per heavy atom. The molecule has 0 bridgehead atoms. The summed E-state index contributed by atoms with van der Waals surface area (Å²) in [6.45, 7) is 0. The third kappa shape index (κ3) is 3.14. The van der Waals surface area contributed by atoms with E-state index in [0.717, 1.165) is 0 Å². The van der Waals surface area contributed by atoms with Crippen molar-refractivity contribution in [3.05, 3.63) is 54.6 Å². The van der Waals surface area contributed by atoms with Gasteiger partial charge in [0.05, 0.1) is 0 Å². The van der Waals surface area contributed by atoms with Crippen LogP contribution < -0.4 is 10.2 Å². The summed E-state index contributed by atoms with van der Waals surface area (Å²) in [5.74, 6) is -1.30. The van der Waals surface area contributed by atoms with Crippen molar-refractivity contribution in [3.8, 4) is 5.75 Å². The van der Waals surface area contributed by atoms with Crippen LogP contribution in [0.4, 0.5) is 11.4 Å². The van der Waals surface area contributed by atoms with Crippen molar-refractivity contribution < 1.29 is 14.7 Å². The fourth-order valence-corrected chi connectivity index (χ4v) is 1.65. The number of nitrogens with one attached hydrogen (secondary N) is 1. The van der Waals surface area contributed by atoms with Crippen molar-refractivity contribution in [2.75, 3.05) is 17.3 Å². The second-order valence-corrected chi connectivity index (χ2v) is 4.20. The van der Waals surface area contributed by atoms with E-state index in [0.29, 0.717) is 11.4 Å². The largest absolute Gasteiger partial charge is 0.508 e. The molecule has 0 aliphatic heterocycles. The van der Waals surface area contributed by atoms with Crippen LogP contribution in [0.3, 0.4) is 0 Å². The van der Waals surface area contributed by atoms with E-state index in [9.17, 15) is 9.59 Å². The Bertz CT molecular complexity index is 609. The average Bonchev–Trinajstić information content (AvgIpc) is 2.49. The van der Waals surface area contributed by atoms with Gasteiger partial charge in [0.2, 0.25) is 0 Å².